The van der Waals surface area contributed by atoms with Gasteiger partial charge in [-0.15, -0.1) is 0 Å². The molecule has 2 aliphatic rings. The SMILES string of the molecule is COc1cc(C#Cc2cn(C3CN(C(=O)/C=C/CN4CCC4)C3)c3ncncc23)cc(OC)c1.N. The van der Waals surface area contributed by atoms with E-state index in [2.05, 4.69) is 31.3 Å². The molecule has 2 aromatic heterocycles. The maximum atomic E-state index is 12.5. The highest BCUT2D eigenvalue weighted by Crippen LogP contribution is 2.28. The molecule has 1 amide bonds. The van der Waals surface area contributed by atoms with E-state index in [0.29, 0.717) is 24.6 Å². The van der Waals surface area contributed by atoms with Crippen LogP contribution in [0.5, 0.6) is 11.5 Å². The van der Waals surface area contributed by atoms with Gasteiger partial charge < -0.3 is 25.1 Å². The Balaban J connectivity index is 0.00000289. The molecule has 182 valence electrons. The number of benzene rings is 1. The number of fused-ring (bicyclic) bond motifs is 1. The Hall–Kier alpha value is -3.87. The summed E-state index contributed by atoms with van der Waals surface area (Å²) in [6.07, 6.45) is 10.3. The second-order valence-electron chi connectivity index (χ2n) is 8.51. The largest absolute Gasteiger partial charge is 0.497 e. The van der Waals surface area contributed by atoms with Crippen LogP contribution in [0.2, 0.25) is 0 Å². The molecule has 1 aromatic carbocycles. The van der Waals surface area contributed by atoms with Crippen LogP contribution < -0.4 is 15.6 Å². The first-order valence-corrected chi connectivity index (χ1v) is 11.4. The lowest BCUT2D eigenvalue weighted by atomic mass is 10.1. The summed E-state index contributed by atoms with van der Waals surface area (Å²) in [5.74, 6) is 7.90. The molecule has 35 heavy (non-hydrogen) atoms. The van der Waals surface area contributed by atoms with Crippen LogP contribution in [0.4, 0.5) is 0 Å². The number of aromatic nitrogens is 3. The molecule has 0 spiro atoms. The Morgan fingerprint density at radius 3 is 2.54 bits per heavy atom. The van der Waals surface area contributed by atoms with Crippen LogP contribution in [0.3, 0.4) is 0 Å². The fourth-order valence-electron chi connectivity index (χ4n) is 4.17. The van der Waals surface area contributed by atoms with E-state index in [4.69, 9.17) is 9.47 Å². The molecule has 0 atom stereocenters. The van der Waals surface area contributed by atoms with E-state index >= 15 is 0 Å². The van der Waals surface area contributed by atoms with E-state index in [1.807, 2.05) is 35.4 Å². The highest BCUT2D eigenvalue weighted by Gasteiger charge is 2.32. The lowest BCUT2D eigenvalue weighted by Gasteiger charge is -2.39. The van der Waals surface area contributed by atoms with Crippen LogP contribution >= 0.6 is 0 Å². The van der Waals surface area contributed by atoms with Gasteiger partial charge in [0.05, 0.1) is 31.2 Å². The predicted octanol–water partition coefficient (Wildman–Crippen LogP) is 2.66. The van der Waals surface area contributed by atoms with Gasteiger partial charge in [-0.1, -0.05) is 17.9 Å². The van der Waals surface area contributed by atoms with Gasteiger partial charge in [0.2, 0.25) is 5.91 Å². The molecule has 3 N–H and O–H groups in total. The summed E-state index contributed by atoms with van der Waals surface area (Å²) in [5.41, 5.74) is 2.46. The molecule has 0 aliphatic carbocycles. The molecule has 9 nitrogen and oxygen atoms in total. The smallest absolute Gasteiger partial charge is 0.246 e. The van der Waals surface area contributed by atoms with Crippen molar-refractivity contribution in [1.82, 2.24) is 30.5 Å². The van der Waals surface area contributed by atoms with E-state index in [0.717, 1.165) is 41.8 Å². The molecule has 3 aromatic rings. The minimum Gasteiger partial charge on any atom is -0.497 e. The van der Waals surface area contributed by atoms with Gasteiger partial charge >= 0.3 is 0 Å². The van der Waals surface area contributed by atoms with Gasteiger partial charge in [0.25, 0.3) is 0 Å². The van der Waals surface area contributed by atoms with Crippen molar-refractivity contribution in [2.45, 2.75) is 12.5 Å². The molecule has 2 saturated heterocycles. The van der Waals surface area contributed by atoms with Crippen LogP contribution in [0.15, 0.2) is 49.1 Å². The normalized spacial score (nSPS) is 15.7. The van der Waals surface area contributed by atoms with Gasteiger partial charge in [0.1, 0.15) is 23.5 Å². The zero-order valence-electron chi connectivity index (χ0n) is 20.1. The quantitative estimate of drug-likeness (QED) is 0.432. The number of carbonyl (C=O) groups excluding carboxylic acids is 1. The van der Waals surface area contributed by atoms with E-state index in [-0.39, 0.29) is 18.1 Å². The summed E-state index contributed by atoms with van der Waals surface area (Å²) in [5, 5.41) is 0.893. The maximum Gasteiger partial charge on any atom is 0.246 e. The van der Waals surface area contributed by atoms with Gasteiger partial charge in [-0.3, -0.25) is 9.69 Å². The first-order chi connectivity index (χ1) is 16.6. The van der Waals surface area contributed by atoms with Gasteiger partial charge in [0, 0.05) is 49.7 Å². The Morgan fingerprint density at radius 2 is 1.89 bits per heavy atom. The number of hydrogen-bond donors (Lipinski definition) is 1. The number of amides is 1. The lowest BCUT2D eigenvalue weighted by Crippen LogP contribution is -2.50. The summed E-state index contributed by atoms with van der Waals surface area (Å²) < 4.78 is 12.8. The van der Waals surface area contributed by atoms with Crippen molar-refractivity contribution in [1.29, 1.82) is 0 Å². The van der Waals surface area contributed by atoms with Crippen LogP contribution in [0.25, 0.3) is 11.0 Å². The highest BCUT2D eigenvalue weighted by molar-refractivity contribution is 5.88. The minimum absolute atomic E-state index is 0. The molecular weight excluding hydrogens is 444 g/mol. The predicted molar refractivity (Wildman–Crippen MR) is 134 cm³/mol. The van der Waals surface area contributed by atoms with Crippen LogP contribution in [-0.2, 0) is 4.79 Å². The molecular formula is C26H30N6O3. The van der Waals surface area contributed by atoms with Crippen molar-refractivity contribution in [3.63, 3.8) is 0 Å². The summed E-state index contributed by atoms with van der Waals surface area (Å²) in [6, 6.07) is 5.72. The number of rotatable bonds is 6. The number of carbonyl (C=O) groups is 1. The topological polar surface area (TPSA) is 108 Å². The third-order valence-corrected chi connectivity index (χ3v) is 6.33. The second-order valence-corrected chi connectivity index (χ2v) is 8.51. The van der Waals surface area contributed by atoms with Crippen molar-refractivity contribution in [3.05, 3.63) is 60.2 Å². The Labute approximate surface area is 204 Å². The van der Waals surface area contributed by atoms with Crippen molar-refractivity contribution in [2.24, 2.45) is 0 Å². The van der Waals surface area contributed by atoms with Gasteiger partial charge in [-0.05, 0) is 31.6 Å². The molecule has 0 radical (unpaired) electrons. The Morgan fingerprint density at radius 1 is 1.14 bits per heavy atom. The third-order valence-electron chi connectivity index (χ3n) is 6.33. The molecule has 2 fully saturated rings. The number of methoxy groups -OCH3 is 2. The summed E-state index contributed by atoms with van der Waals surface area (Å²) >= 11 is 0. The first kappa shape index (κ1) is 24.3. The van der Waals surface area contributed by atoms with Gasteiger partial charge in [-0.25, -0.2) is 9.97 Å². The Kier molecular flexibility index (Phi) is 7.34. The zero-order valence-corrected chi connectivity index (χ0v) is 20.1. The lowest BCUT2D eigenvalue weighted by molar-refractivity contribution is -0.131. The van der Waals surface area contributed by atoms with Crippen LogP contribution in [0.1, 0.15) is 23.6 Å². The minimum atomic E-state index is 0. The second kappa shape index (κ2) is 10.6. The van der Waals surface area contributed by atoms with Crippen molar-refractivity contribution >= 4 is 16.9 Å². The average Bonchev–Trinajstić information content (AvgIpc) is 3.16. The molecule has 0 bridgehead atoms. The zero-order chi connectivity index (χ0) is 23.5. The van der Waals surface area contributed by atoms with Crippen molar-refractivity contribution in [3.8, 4) is 23.3 Å². The fourth-order valence-corrected chi connectivity index (χ4v) is 4.17. The van der Waals surface area contributed by atoms with E-state index < -0.39 is 0 Å². The van der Waals surface area contributed by atoms with Crippen molar-refractivity contribution in [2.75, 3.05) is 46.9 Å². The highest BCUT2D eigenvalue weighted by atomic mass is 16.5. The van der Waals surface area contributed by atoms with E-state index in [1.165, 1.54) is 6.42 Å². The number of ether oxygens (including phenoxy) is 2. The summed E-state index contributed by atoms with van der Waals surface area (Å²) in [4.78, 5) is 25.3. The summed E-state index contributed by atoms with van der Waals surface area (Å²) in [6.45, 7) is 4.41. The number of likely N-dealkylation sites (tertiary alicyclic amines) is 2. The molecule has 0 saturated carbocycles. The average molecular weight is 475 g/mol. The number of nitrogens with zero attached hydrogens (tertiary/aromatic N) is 5. The maximum absolute atomic E-state index is 12.5. The monoisotopic (exact) mass is 474 g/mol. The third kappa shape index (κ3) is 5.14. The molecule has 9 heteroatoms. The summed E-state index contributed by atoms with van der Waals surface area (Å²) in [7, 11) is 3.23. The first-order valence-electron chi connectivity index (χ1n) is 11.4. The molecule has 0 unspecified atom stereocenters. The Bertz CT molecular complexity index is 1270. The molecule has 2 aliphatic heterocycles. The van der Waals surface area contributed by atoms with Crippen molar-refractivity contribution < 1.29 is 14.3 Å². The van der Waals surface area contributed by atoms with Crippen LogP contribution in [0, 0.1) is 11.8 Å². The van der Waals surface area contributed by atoms with Crippen LogP contribution in [-0.4, -0.2) is 77.2 Å². The number of hydrogen-bond acceptors (Lipinski definition) is 7. The van der Waals surface area contributed by atoms with Gasteiger partial charge in [-0.2, -0.15) is 0 Å². The standard InChI is InChI=1S/C26H27N5O3.H3N/c1-33-22-11-19(12-23(13-22)34-2)6-7-20-15-31(26-24(20)14-27-18-28-26)21-16-30(17-21)25(32)5-3-8-29-9-4-10-29;/h3,5,11-15,18,21H,4,8-10,16-17H2,1-2H3;1H3/b5-3+;. The fraction of sp³-hybridized carbons (Fsp3) is 0.346. The van der Waals surface area contributed by atoms with E-state index in [9.17, 15) is 4.79 Å². The van der Waals surface area contributed by atoms with Gasteiger partial charge in [0.15, 0.2) is 0 Å². The van der Waals surface area contributed by atoms with E-state index in [1.54, 1.807) is 32.8 Å². The molecule has 4 heterocycles. The molecule has 5 rings (SSSR count).